The minimum Gasteiger partial charge on any atom is -0.494 e. The van der Waals surface area contributed by atoms with Crippen LogP contribution in [0.2, 0.25) is 0 Å². The Hall–Kier alpha value is -1.87. The molecule has 0 fully saturated rings. The van der Waals surface area contributed by atoms with Crippen LogP contribution in [0, 0.1) is 0 Å². The number of pyridine rings is 1. The third-order valence-electron chi connectivity index (χ3n) is 3.34. The standard InChI is InChI=1S/C17H22N2O/c1-3-20-16-9-6-7-14(13-16)17(18-2)11-10-15-8-4-5-12-19-15/h4-9,12-13,17-18H,3,10-11H2,1-2H3. The van der Waals surface area contributed by atoms with Crippen molar-refractivity contribution >= 4 is 0 Å². The number of aromatic nitrogens is 1. The number of hydrogen-bond donors (Lipinski definition) is 1. The van der Waals surface area contributed by atoms with Gasteiger partial charge in [-0.25, -0.2) is 0 Å². The number of nitrogens with one attached hydrogen (secondary N) is 1. The number of nitrogens with zero attached hydrogens (tertiary/aromatic N) is 1. The summed E-state index contributed by atoms with van der Waals surface area (Å²) >= 11 is 0. The van der Waals surface area contributed by atoms with Crippen molar-refractivity contribution in [1.29, 1.82) is 0 Å². The van der Waals surface area contributed by atoms with E-state index in [9.17, 15) is 0 Å². The number of aryl methyl sites for hydroxylation is 1. The first-order chi connectivity index (χ1) is 9.83. The van der Waals surface area contributed by atoms with Crippen LogP contribution in [0.15, 0.2) is 48.7 Å². The van der Waals surface area contributed by atoms with E-state index >= 15 is 0 Å². The highest BCUT2D eigenvalue weighted by Gasteiger charge is 2.10. The molecule has 0 radical (unpaired) electrons. The van der Waals surface area contributed by atoms with Crippen LogP contribution in [-0.2, 0) is 6.42 Å². The second-order valence-electron chi connectivity index (χ2n) is 4.71. The molecule has 0 saturated heterocycles. The minimum absolute atomic E-state index is 0.317. The Bertz CT molecular complexity index is 513. The van der Waals surface area contributed by atoms with E-state index in [0.29, 0.717) is 12.6 Å². The molecule has 106 valence electrons. The van der Waals surface area contributed by atoms with Crippen molar-refractivity contribution in [2.45, 2.75) is 25.8 Å². The molecule has 0 bridgehead atoms. The third kappa shape index (κ3) is 4.07. The molecule has 20 heavy (non-hydrogen) atoms. The van der Waals surface area contributed by atoms with Crippen LogP contribution in [-0.4, -0.2) is 18.6 Å². The van der Waals surface area contributed by atoms with Crippen molar-refractivity contribution in [3.8, 4) is 5.75 Å². The lowest BCUT2D eigenvalue weighted by Crippen LogP contribution is -2.17. The molecule has 0 saturated carbocycles. The van der Waals surface area contributed by atoms with Gasteiger partial charge in [-0.1, -0.05) is 18.2 Å². The molecule has 0 spiro atoms. The quantitative estimate of drug-likeness (QED) is 0.837. The number of rotatable bonds is 7. The summed E-state index contributed by atoms with van der Waals surface area (Å²) in [5, 5.41) is 3.37. The van der Waals surface area contributed by atoms with Crippen molar-refractivity contribution in [2.24, 2.45) is 0 Å². The van der Waals surface area contributed by atoms with Gasteiger partial charge in [0.25, 0.3) is 0 Å². The number of hydrogen-bond acceptors (Lipinski definition) is 3. The zero-order valence-corrected chi connectivity index (χ0v) is 12.2. The minimum atomic E-state index is 0.317. The fourth-order valence-corrected chi connectivity index (χ4v) is 2.30. The molecule has 1 heterocycles. The summed E-state index contributed by atoms with van der Waals surface area (Å²) in [6, 6.07) is 14.7. The smallest absolute Gasteiger partial charge is 0.119 e. The van der Waals surface area contributed by atoms with Crippen molar-refractivity contribution in [2.75, 3.05) is 13.7 Å². The molecule has 1 aromatic heterocycles. The molecule has 1 unspecified atom stereocenters. The molecule has 0 aliphatic carbocycles. The molecular weight excluding hydrogens is 248 g/mol. The van der Waals surface area contributed by atoms with E-state index in [0.717, 1.165) is 24.3 Å². The van der Waals surface area contributed by atoms with Gasteiger partial charge in [0.15, 0.2) is 0 Å². The first-order valence-corrected chi connectivity index (χ1v) is 7.13. The lowest BCUT2D eigenvalue weighted by Gasteiger charge is -2.17. The van der Waals surface area contributed by atoms with Crippen LogP contribution in [0.4, 0.5) is 0 Å². The molecule has 0 aliphatic heterocycles. The summed E-state index contributed by atoms with van der Waals surface area (Å²) in [6.45, 7) is 2.70. The molecule has 2 aromatic rings. The highest BCUT2D eigenvalue weighted by atomic mass is 16.5. The maximum atomic E-state index is 5.56. The molecule has 3 nitrogen and oxygen atoms in total. The Labute approximate surface area is 121 Å². The molecule has 1 atom stereocenters. The monoisotopic (exact) mass is 270 g/mol. The van der Waals surface area contributed by atoms with Crippen LogP contribution in [0.1, 0.15) is 30.6 Å². The van der Waals surface area contributed by atoms with Gasteiger partial charge in [0.1, 0.15) is 5.75 Å². The summed E-state index contributed by atoms with van der Waals surface area (Å²) in [5.41, 5.74) is 2.39. The lowest BCUT2D eigenvalue weighted by atomic mass is 10.0. The maximum absolute atomic E-state index is 5.56. The van der Waals surface area contributed by atoms with E-state index in [1.54, 1.807) is 0 Å². The van der Waals surface area contributed by atoms with Gasteiger partial charge in [0.05, 0.1) is 6.61 Å². The average Bonchev–Trinajstić information content (AvgIpc) is 2.50. The van der Waals surface area contributed by atoms with E-state index in [4.69, 9.17) is 4.74 Å². The summed E-state index contributed by atoms with van der Waals surface area (Å²) in [6.07, 6.45) is 3.83. The van der Waals surface area contributed by atoms with Gasteiger partial charge >= 0.3 is 0 Å². The van der Waals surface area contributed by atoms with Gasteiger partial charge in [-0.05, 0) is 56.6 Å². The van der Waals surface area contributed by atoms with E-state index in [1.165, 1.54) is 5.56 Å². The Morgan fingerprint density at radius 3 is 2.80 bits per heavy atom. The Morgan fingerprint density at radius 1 is 1.20 bits per heavy atom. The van der Waals surface area contributed by atoms with Crippen molar-refractivity contribution < 1.29 is 4.74 Å². The first kappa shape index (κ1) is 14.5. The molecular formula is C17H22N2O. The molecule has 0 aliphatic rings. The Balaban J connectivity index is 2.02. The van der Waals surface area contributed by atoms with Gasteiger partial charge < -0.3 is 10.1 Å². The highest BCUT2D eigenvalue weighted by Crippen LogP contribution is 2.22. The van der Waals surface area contributed by atoms with Crippen molar-refractivity contribution in [3.05, 3.63) is 59.9 Å². The SMILES string of the molecule is CCOc1cccc(C(CCc2ccccn2)NC)c1. The predicted molar refractivity (Wildman–Crippen MR) is 82.0 cm³/mol. The van der Waals surface area contributed by atoms with E-state index in [2.05, 4.69) is 28.5 Å². The average molecular weight is 270 g/mol. The number of ether oxygens (including phenoxy) is 1. The largest absolute Gasteiger partial charge is 0.494 e. The van der Waals surface area contributed by atoms with Gasteiger partial charge in [0, 0.05) is 17.9 Å². The van der Waals surface area contributed by atoms with Gasteiger partial charge in [0.2, 0.25) is 0 Å². The lowest BCUT2D eigenvalue weighted by molar-refractivity contribution is 0.339. The van der Waals surface area contributed by atoms with Crippen LogP contribution in [0.5, 0.6) is 5.75 Å². The topological polar surface area (TPSA) is 34.1 Å². The summed E-state index contributed by atoms with van der Waals surface area (Å²) < 4.78 is 5.56. The summed E-state index contributed by atoms with van der Waals surface area (Å²) in [7, 11) is 2.00. The molecule has 2 rings (SSSR count). The van der Waals surface area contributed by atoms with Gasteiger partial charge in [-0.2, -0.15) is 0 Å². The van der Waals surface area contributed by atoms with E-state index < -0.39 is 0 Å². The summed E-state index contributed by atoms with van der Waals surface area (Å²) in [5.74, 6) is 0.933. The zero-order chi connectivity index (χ0) is 14.2. The van der Waals surface area contributed by atoms with Crippen LogP contribution in [0.25, 0.3) is 0 Å². The highest BCUT2D eigenvalue weighted by molar-refractivity contribution is 5.30. The fourth-order valence-electron chi connectivity index (χ4n) is 2.30. The predicted octanol–water partition coefficient (Wildman–Crippen LogP) is 3.37. The van der Waals surface area contributed by atoms with Gasteiger partial charge in [-0.15, -0.1) is 0 Å². The van der Waals surface area contributed by atoms with Crippen LogP contribution < -0.4 is 10.1 Å². The maximum Gasteiger partial charge on any atom is 0.119 e. The van der Waals surface area contributed by atoms with Crippen LogP contribution in [0.3, 0.4) is 0 Å². The second kappa shape index (κ2) is 7.65. The Morgan fingerprint density at radius 2 is 2.10 bits per heavy atom. The third-order valence-corrected chi connectivity index (χ3v) is 3.34. The van der Waals surface area contributed by atoms with E-state index in [-0.39, 0.29) is 0 Å². The zero-order valence-electron chi connectivity index (χ0n) is 12.2. The van der Waals surface area contributed by atoms with Crippen molar-refractivity contribution in [1.82, 2.24) is 10.3 Å². The normalized spacial score (nSPS) is 12.1. The summed E-state index contributed by atoms with van der Waals surface area (Å²) in [4.78, 5) is 4.37. The van der Waals surface area contributed by atoms with E-state index in [1.807, 2.05) is 44.4 Å². The second-order valence-corrected chi connectivity index (χ2v) is 4.71. The Kier molecular flexibility index (Phi) is 5.56. The van der Waals surface area contributed by atoms with Crippen LogP contribution >= 0.6 is 0 Å². The molecule has 0 amide bonds. The molecule has 3 heteroatoms. The molecule has 1 N–H and O–H groups in total. The van der Waals surface area contributed by atoms with Crippen molar-refractivity contribution in [3.63, 3.8) is 0 Å². The number of benzene rings is 1. The molecule has 1 aromatic carbocycles. The van der Waals surface area contributed by atoms with Gasteiger partial charge in [-0.3, -0.25) is 4.98 Å². The first-order valence-electron chi connectivity index (χ1n) is 7.13. The fraction of sp³-hybridized carbons (Fsp3) is 0.353.